The van der Waals surface area contributed by atoms with E-state index in [4.69, 9.17) is 13.9 Å². The van der Waals surface area contributed by atoms with Crippen molar-refractivity contribution >= 4 is 23.0 Å². The number of aryl methyl sites for hydroxylation is 2. The Bertz CT molecular complexity index is 954. The second-order valence-electron chi connectivity index (χ2n) is 8.01. The van der Waals surface area contributed by atoms with Crippen LogP contribution >= 0.6 is 0 Å². The van der Waals surface area contributed by atoms with E-state index in [1.54, 1.807) is 39.8 Å². The Hall–Kier alpha value is -2.83. The molecule has 0 saturated heterocycles. The van der Waals surface area contributed by atoms with Crippen LogP contribution in [0.2, 0.25) is 0 Å². The molecule has 0 aliphatic carbocycles. The first-order chi connectivity index (χ1) is 13.5. The van der Waals surface area contributed by atoms with Gasteiger partial charge in [0.2, 0.25) is 0 Å². The topological polar surface area (TPSA) is 94.8 Å². The van der Waals surface area contributed by atoms with Gasteiger partial charge in [-0.05, 0) is 63.8 Å². The number of nitrogens with one attached hydrogen (secondary N) is 1. The molecule has 0 aliphatic heterocycles. The van der Waals surface area contributed by atoms with E-state index < -0.39 is 29.3 Å². The summed E-state index contributed by atoms with van der Waals surface area (Å²) in [4.78, 5) is 36.7. The van der Waals surface area contributed by atoms with E-state index in [0.717, 1.165) is 17.5 Å². The number of carbonyl (C=O) groups is 2. The maximum absolute atomic E-state index is 12.8. The van der Waals surface area contributed by atoms with Gasteiger partial charge in [-0.25, -0.2) is 14.4 Å². The molecule has 0 aliphatic rings. The Morgan fingerprint density at radius 2 is 1.86 bits per heavy atom. The van der Waals surface area contributed by atoms with Gasteiger partial charge in [0, 0.05) is 6.07 Å². The van der Waals surface area contributed by atoms with Gasteiger partial charge in [0.25, 0.3) is 0 Å². The SMILES string of the molecule is CCCc1cc(=O)oc2cc(C)cc(OC(=O)[C@H](CC)NC(=O)OC(C)(C)C)c12. The van der Waals surface area contributed by atoms with Gasteiger partial charge in [0.15, 0.2) is 0 Å². The van der Waals surface area contributed by atoms with Crippen LogP contribution in [0.15, 0.2) is 27.4 Å². The van der Waals surface area contributed by atoms with Crippen LogP contribution in [-0.2, 0) is 16.0 Å². The third kappa shape index (κ3) is 6.07. The summed E-state index contributed by atoms with van der Waals surface area (Å²) in [5.74, 6) is -0.305. The van der Waals surface area contributed by atoms with Crippen molar-refractivity contribution in [3.63, 3.8) is 0 Å². The predicted octanol–water partition coefficient (Wildman–Crippen LogP) is 4.26. The van der Waals surface area contributed by atoms with E-state index in [2.05, 4.69) is 5.32 Å². The van der Waals surface area contributed by atoms with Crippen LogP contribution in [0.25, 0.3) is 11.0 Å². The van der Waals surface area contributed by atoms with Crippen LogP contribution in [0.3, 0.4) is 0 Å². The molecular formula is C22H29NO6. The number of hydrogen-bond donors (Lipinski definition) is 1. The first-order valence-corrected chi connectivity index (χ1v) is 9.82. The smallest absolute Gasteiger partial charge is 0.408 e. The van der Waals surface area contributed by atoms with Gasteiger partial charge >= 0.3 is 17.7 Å². The van der Waals surface area contributed by atoms with E-state index in [0.29, 0.717) is 29.6 Å². The molecular weight excluding hydrogens is 374 g/mol. The van der Waals surface area contributed by atoms with E-state index in [-0.39, 0.29) is 0 Å². The van der Waals surface area contributed by atoms with Gasteiger partial charge in [-0.1, -0.05) is 20.3 Å². The molecule has 1 aromatic heterocycles. The molecule has 0 unspecified atom stereocenters. The Kier molecular flexibility index (Phi) is 7.06. The molecule has 7 heteroatoms. The van der Waals surface area contributed by atoms with Crippen molar-refractivity contribution in [3.8, 4) is 5.75 Å². The number of amides is 1. The molecule has 0 spiro atoms. The van der Waals surface area contributed by atoms with Crippen LogP contribution in [0.1, 0.15) is 58.6 Å². The van der Waals surface area contributed by atoms with Crippen molar-refractivity contribution in [2.45, 2.75) is 72.4 Å². The van der Waals surface area contributed by atoms with Crippen molar-refractivity contribution in [2.75, 3.05) is 0 Å². The highest BCUT2D eigenvalue weighted by Crippen LogP contribution is 2.31. The van der Waals surface area contributed by atoms with Crippen LogP contribution in [0.4, 0.5) is 4.79 Å². The predicted molar refractivity (Wildman–Crippen MR) is 110 cm³/mol. The van der Waals surface area contributed by atoms with E-state index in [1.165, 1.54) is 6.07 Å². The second kappa shape index (κ2) is 9.11. The molecule has 7 nitrogen and oxygen atoms in total. The largest absolute Gasteiger partial charge is 0.444 e. The summed E-state index contributed by atoms with van der Waals surface area (Å²) >= 11 is 0. The van der Waals surface area contributed by atoms with E-state index in [1.807, 2.05) is 13.8 Å². The van der Waals surface area contributed by atoms with Crippen LogP contribution in [-0.4, -0.2) is 23.7 Å². The Labute approximate surface area is 170 Å². The molecule has 29 heavy (non-hydrogen) atoms. The minimum absolute atomic E-state index is 0.307. The van der Waals surface area contributed by atoms with Crippen molar-refractivity contribution in [1.82, 2.24) is 5.32 Å². The van der Waals surface area contributed by atoms with E-state index in [9.17, 15) is 14.4 Å². The number of esters is 1. The summed E-state index contributed by atoms with van der Waals surface area (Å²) in [7, 11) is 0. The summed E-state index contributed by atoms with van der Waals surface area (Å²) in [6.45, 7) is 10.8. The molecule has 0 radical (unpaired) electrons. The molecule has 0 fully saturated rings. The lowest BCUT2D eigenvalue weighted by Crippen LogP contribution is -2.44. The molecule has 1 atom stereocenters. The Morgan fingerprint density at radius 1 is 1.17 bits per heavy atom. The van der Waals surface area contributed by atoms with Gasteiger partial charge < -0.3 is 19.2 Å². The van der Waals surface area contributed by atoms with E-state index >= 15 is 0 Å². The molecule has 1 heterocycles. The average molecular weight is 403 g/mol. The summed E-state index contributed by atoms with van der Waals surface area (Å²) in [6, 6.07) is 4.02. The number of alkyl carbamates (subject to hydrolysis) is 1. The van der Waals surface area contributed by atoms with Crippen molar-refractivity contribution in [1.29, 1.82) is 0 Å². The first-order valence-electron chi connectivity index (χ1n) is 9.82. The lowest BCUT2D eigenvalue weighted by molar-refractivity contribution is -0.136. The zero-order valence-electron chi connectivity index (χ0n) is 17.9. The fourth-order valence-electron chi connectivity index (χ4n) is 2.97. The number of ether oxygens (including phenoxy) is 2. The van der Waals surface area contributed by atoms with Gasteiger partial charge in [-0.15, -0.1) is 0 Å². The van der Waals surface area contributed by atoms with Crippen LogP contribution in [0.5, 0.6) is 5.75 Å². The number of hydrogen-bond acceptors (Lipinski definition) is 6. The molecule has 2 rings (SSSR count). The highest BCUT2D eigenvalue weighted by atomic mass is 16.6. The third-order valence-electron chi connectivity index (χ3n) is 4.15. The zero-order valence-corrected chi connectivity index (χ0v) is 17.9. The quantitative estimate of drug-likeness (QED) is 0.440. The highest BCUT2D eigenvalue weighted by Gasteiger charge is 2.25. The first kappa shape index (κ1) is 22.5. The molecule has 1 amide bonds. The van der Waals surface area contributed by atoms with Crippen molar-refractivity contribution in [3.05, 3.63) is 39.7 Å². The summed E-state index contributed by atoms with van der Waals surface area (Å²) in [6.07, 6.45) is 1.10. The molecule has 1 N–H and O–H groups in total. The van der Waals surface area contributed by atoms with Crippen molar-refractivity contribution < 1.29 is 23.5 Å². The minimum atomic E-state index is -0.870. The van der Waals surface area contributed by atoms with Crippen LogP contribution in [0, 0.1) is 6.92 Å². The standard InChI is InChI=1S/C22H29NO6/c1-7-9-14-12-18(24)27-16-10-13(3)11-17(19(14)16)28-20(25)15(8-2)23-21(26)29-22(4,5)6/h10-12,15H,7-9H2,1-6H3,(H,23,26)/t15-/m0/s1. The number of fused-ring (bicyclic) bond motifs is 1. The fourth-order valence-corrected chi connectivity index (χ4v) is 2.97. The number of benzene rings is 1. The average Bonchev–Trinajstić information content (AvgIpc) is 2.57. The molecule has 0 bridgehead atoms. The maximum Gasteiger partial charge on any atom is 0.408 e. The van der Waals surface area contributed by atoms with Crippen LogP contribution < -0.4 is 15.7 Å². The Morgan fingerprint density at radius 3 is 2.45 bits per heavy atom. The molecule has 158 valence electrons. The lowest BCUT2D eigenvalue weighted by Gasteiger charge is -2.22. The second-order valence-corrected chi connectivity index (χ2v) is 8.01. The molecule has 1 aromatic carbocycles. The highest BCUT2D eigenvalue weighted by molar-refractivity contribution is 5.91. The summed E-state index contributed by atoms with van der Waals surface area (Å²) in [5.41, 5.74) is 0.796. The van der Waals surface area contributed by atoms with Gasteiger partial charge in [0.1, 0.15) is 23.0 Å². The molecule has 0 saturated carbocycles. The zero-order chi connectivity index (χ0) is 21.8. The summed E-state index contributed by atoms with van der Waals surface area (Å²) in [5, 5.41) is 3.14. The van der Waals surface area contributed by atoms with Crippen molar-refractivity contribution in [2.24, 2.45) is 0 Å². The van der Waals surface area contributed by atoms with Gasteiger partial charge in [-0.2, -0.15) is 0 Å². The number of carbonyl (C=O) groups excluding carboxylic acids is 2. The minimum Gasteiger partial charge on any atom is -0.444 e. The van der Waals surface area contributed by atoms with Gasteiger partial charge in [-0.3, -0.25) is 0 Å². The monoisotopic (exact) mass is 403 g/mol. The summed E-state index contributed by atoms with van der Waals surface area (Å²) < 4.78 is 16.2. The number of rotatable bonds is 6. The third-order valence-corrected chi connectivity index (χ3v) is 4.15. The molecule has 2 aromatic rings. The normalized spacial score (nSPS) is 12.5. The van der Waals surface area contributed by atoms with Gasteiger partial charge in [0.05, 0.1) is 5.39 Å². The lowest BCUT2D eigenvalue weighted by atomic mass is 10.0. The fraction of sp³-hybridized carbons (Fsp3) is 0.500. The maximum atomic E-state index is 12.8. The Balaban J connectivity index is 2.35.